The Bertz CT molecular complexity index is 1040. The van der Waals surface area contributed by atoms with Gasteiger partial charge >= 0.3 is 7.60 Å². The normalized spacial score (nSPS) is 11.5. The summed E-state index contributed by atoms with van der Waals surface area (Å²) in [5.41, 5.74) is 0.931. The van der Waals surface area contributed by atoms with E-state index in [0.29, 0.717) is 21.0 Å². The predicted octanol–water partition coefficient (Wildman–Crippen LogP) is 5.75. The summed E-state index contributed by atoms with van der Waals surface area (Å²) in [5, 5.41) is 5.01. The molecule has 0 unspecified atom stereocenters. The minimum absolute atomic E-state index is 0.223. The molecule has 0 saturated carbocycles. The molecule has 0 atom stereocenters. The maximum absolute atomic E-state index is 13.3. The zero-order valence-electron chi connectivity index (χ0n) is 15.6. The molecule has 0 spiro atoms. The van der Waals surface area contributed by atoms with Gasteiger partial charge in [-0.2, -0.15) is 0 Å². The van der Waals surface area contributed by atoms with Crippen molar-refractivity contribution in [2.24, 2.45) is 0 Å². The highest BCUT2D eigenvalue weighted by molar-refractivity contribution is 9.10. The molecule has 0 aliphatic heterocycles. The molecular weight excluding hydrogens is 441 g/mol. The van der Waals surface area contributed by atoms with Crippen LogP contribution < -0.4 is 10.6 Å². The summed E-state index contributed by atoms with van der Waals surface area (Å²) < 4.78 is 25.0. The number of rotatable bonds is 7. The molecule has 28 heavy (non-hydrogen) atoms. The van der Waals surface area contributed by atoms with Crippen LogP contribution in [0.4, 0.5) is 5.69 Å². The molecule has 5 nitrogen and oxygen atoms in total. The van der Waals surface area contributed by atoms with Crippen molar-refractivity contribution >= 4 is 51.2 Å². The molecule has 1 amide bonds. The molecule has 1 N–H and O–H groups in total. The van der Waals surface area contributed by atoms with Gasteiger partial charge in [-0.05, 0) is 48.9 Å². The number of carbonyl (C=O) groups excluding carboxylic acids is 1. The second-order valence-corrected chi connectivity index (χ2v) is 8.88. The van der Waals surface area contributed by atoms with Gasteiger partial charge in [0.25, 0.3) is 5.91 Å². The summed E-state index contributed by atoms with van der Waals surface area (Å²) in [4.78, 5) is 13.0. The van der Waals surface area contributed by atoms with Gasteiger partial charge in [0, 0.05) is 10.0 Å². The van der Waals surface area contributed by atoms with Gasteiger partial charge in [-0.1, -0.05) is 52.3 Å². The Labute approximate surface area is 172 Å². The van der Waals surface area contributed by atoms with Gasteiger partial charge in [-0.15, -0.1) is 0 Å². The fraction of sp³-hybridized carbons (Fsp3) is 0.190. The van der Waals surface area contributed by atoms with Crippen LogP contribution in [0, 0.1) is 0 Å². The standard InChI is InChI=1S/C21H21BrNO4P/c1-3-26-28(25,27-4-2)20-14-16(22)12-13-19(20)23-21(24)18-11-7-9-15-8-5-6-10-17(15)18/h5-14H,3-4H2,1-2H3,(H,23,24). The van der Waals surface area contributed by atoms with Gasteiger partial charge in [0.15, 0.2) is 0 Å². The van der Waals surface area contributed by atoms with E-state index in [9.17, 15) is 9.36 Å². The summed E-state index contributed by atoms with van der Waals surface area (Å²) in [6, 6.07) is 18.3. The SMILES string of the molecule is CCOP(=O)(OCC)c1cc(Br)ccc1NC(=O)c1cccc2ccccc12. The van der Waals surface area contributed by atoms with Gasteiger partial charge in [0.1, 0.15) is 0 Å². The van der Waals surface area contributed by atoms with E-state index >= 15 is 0 Å². The highest BCUT2D eigenvalue weighted by Crippen LogP contribution is 2.49. The lowest BCUT2D eigenvalue weighted by Gasteiger charge is -2.20. The van der Waals surface area contributed by atoms with Gasteiger partial charge < -0.3 is 14.4 Å². The first-order valence-corrected chi connectivity index (χ1v) is 11.3. The summed E-state index contributed by atoms with van der Waals surface area (Å²) >= 11 is 3.39. The Kier molecular flexibility index (Phi) is 6.68. The minimum Gasteiger partial charge on any atom is -0.321 e. The van der Waals surface area contributed by atoms with Crippen molar-refractivity contribution in [1.29, 1.82) is 0 Å². The van der Waals surface area contributed by atoms with Crippen molar-refractivity contribution in [3.8, 4) is 0 Å². The number of hydrogen-bond acceptors (Lipinski definition) is 4. The van der Waals surface area contributed by atoms with E-state index in [1.807, 2.05) is 36.4 Å². The van der Waals surface area contributed by atoms with Gasteiger partial charge in [0.2, 0.25) is 0 Å². The molecule has 0 radical (unpaired) electrons. The first kappa shape index (κ1) is 20.7. The van der Waals surface area contributed by atoms with Gasteiger partial charge in [0.05, 0.1) is 24.2 Å². The highest BCUT2D eigenvalue weighted by atomic mass is 79.9. The summed E-state index contributed by atoms with van der Waals surface area (Å²) in [7, 11) is -3.58. The smallest absolute Gasteiger partial charge is 0.321 e. The third kappa shape index (κ3) is 4.36. The van der Waals surface area contributed by atoms with Crippen molar-refractivity contribution < 1.29 is 18.4 Å². The lowest BCUT2D eigenvalue weighted by atomic mass is 10.0. The lowest BCUT2D eigenvalue weighted by molar-refractivity contribution is 0.102. The van der Waals surface area contributed by atoms with Crippen LogP contribution in [0.15, 0.2) is 65.1 Å². The van der Waals surface area contributed by atoms with Crippen LogP contribution in [0.1, 0.15) is 24.2 Å². The van der Waals surface area contributed by atoms with Crippen molar-refractivity contribution in [2.45, 2.75) is 13.8 Å². The number of halogens is 1. The Morgan fingerprint density at radius 2 is 1.68 bits per heavy atom. The molecule has 0 fully saturated rings. The van der Waals surface area contributed by atoms with Gasteiger partial charge in [-0.25, -0.2) is 0 Å². The molecule has 3 aromatic rings. The summed E-state index contributed by atoms with van der Waals surface area (Å²) in [6.07, 6.45) is 0. The molecule has 0 aromatic heterocycles. The van der Waals surface area contributed by atoms with Crippen LogP contribution in [-0.2, 0) is 13.6 Å². The monoisotopic (exact) mass is 461 g/mol. The van der Waals surface area contributed by atoms with Crippen molar-refractivity contribution in [3.63, 3.8) is 0 Å². The Morgan fingerprint density at radius 3 is 2.39 bits per heavy atom. The van der Waals surface area contributed by atoms with Crippen LogP contribution in [0.25, 0.3) is 10.8 Å². The third-order valence-corrected chi connectivity index (χ3v) is 6.78. The van der Waals surface area contributed by atoms with Crippen LogP contribution in [0.2, 0.25) is 0 Å². The molecule has 0 saturated heterocycles. The third-order valence-electron chi connectivity index (χ3n) is 4.14. The number of nitrogens with one attached hydrogen (secondary N) is 1. The quantitative estimate of drug-likeness (QED) is 0.455. The number of carbonyl (C=O) groups is 1. The van der Waals surface area contributed by atoms with Crippen LogP contribution in [0.5, 0.6) is 0 Å². The average Bonchev–Trinajstić information content (AvgIpc) is 2.69. The average molecular weight is 462 g/mol. The van der Waals surface area contributed by atoms with E-state index in [-0.39, 0.29) is 19.1 Å². The van der Waals surface area contributed by atoms with Crippen molar-refractivity contribution in [3.05, 3.63) is 70.7 Å². The topological polar surface area (TPSA) is 64.6 Å². The number of amides is 1. The zero-order chi connectivity index (χ0) is 20.1. The molecule has 146 valence electrons. The van der Waals surface area contributed by atoms with Crippen molar-refractivity contribution in [2.75, 3.05) is 18.5 Å². The molecule has 0 heterocycles. The first-order valence-electron chi connectivity index (χ1n) is 8.97. The van der Waals surface area contributed by atoms with Crippen LogP contribution >= 0.6 is 23.5 Å². The fourth-order valence-corrected chi connectivity index (χ4v) is 5.26. The number of hydrogen-bond donors (Lipinski definition) is 1. The van der Waals surface area contributed by atoms with E-state index in [2.05, 4.69) is 21.2 Å². The maximum atomic E-state index is 13.3. The van der Waals surface area contributed by atoms with E-state index in [4.69, 9.17) is 9.05 Å². The van der Waals surface area contributed by atoms with Crippen molar-refractivity contribution in [1.82, 2.24) is 0 Å². The molecule has 7 heteroatoms. The van der Waals surface area contributed by atoms with E-state index in [0.717, 1.165) is 10.8 Å². The maximum Gasteiger partial charge on any atom is 0.363 e. The lowest BCUT2D eigenvalue weighted by Crippen LogP contribution is -2.21. The number of anilines is 1. The summed E-state index contributed by atoms with van der Waals surface area (Å²) in [6.45, 7) is 3.94. The molecule has 0 aliphatic carbocycles. The predicted molar refractivity (Wildman–Crippen MR) is 117 cm³/mol. The zero-order valence-corrected chi connectivity index (χ0v) is 18.1. The largest absolute Gasteiger partial charge is 0.363 e. The molecular formula is C21H21BrNO4P. The van der Waals surface area contributed by atoms with Crippen LogP contribution in [-0.4, -0.2) is 19.1 Å². The highest BCUT2D eigenvalue weighted by Gasteiger charge is 2.31. The number of benzene rings is 3. The molecule has 0 bridgehead atoms. The van der Waals surface area contributed by atoms with E-state index < -0.39 is 7.60 Å². The van der Waals surface area contributed by atoms with Crippen LogP contribution in [0.3, 0.4) is 0 Å². The Balaban J connectivity index is 2.02. The Morgan fingerprint density at radius 1 is 1.00 bits per heavy atom. The van der Waals surface area contributed by atoms with E-state index in [1.54, 1.807) is 38.1 Å². The van der Waals surface area contributed by atoms with E-state index in [1.165, 1.54) is 0 Å². The first-order chi connectivity index (χ1) is 13.5. The molecule has 3 rings (SSSR count). The summed E-state index contributed by atoms with van der Waals surface area (Å²) in [5.74, 6) is -0.292. The second-order valence-electron chi connectivity index (χ2n) is 5.98. The van der Waals surface area contributed by atoms with Gasteiger partial charge in [-0.3, -0.25) is 9.36 Å². The fourth-order valence-electron chi connectivity index (χ4n) is 2.97. The minimum atomic E-state index is -3.58. The number of fused-ring (bicyclic) bond motifs is 1. The Hall–Kier alpha value is -1.98. The second kappa shape index (κ2) is 9.01. The molecule has 0 aliphatic rings. The molecule has 3 aromatic carbocycles.